The lowest BCUT2D eigenvalue weighted by molar-refractivity contribution is -0.0501. The number of halogens is 2. The number of ether oxygens (including phenoxy) is 1. The second-order valence-corrected chi connectivity index (χ2v) is 7.75. The fourth-order valence-corrected chi connectivity index (χ4v) is 3.91. The molecule has 6 nitrogen and oxygen atoms in total. The molecule has 0 amide bonds. The van der Waals surface area contributed by atoms with Gasteiger partial charge in [-0.1, -0.05) is 23.7 Å². The first-order chi connectivity index (χ1) is 13.0. The molecule has 0 aliphatic carbocycles. The fourth-order valence-electron chi connectivity index (χ4n) is 3.78. The summed E-state index contributed by atoms with van der Waals surface area (Å²) in [6.07, 6.45) is 2.22. The molecule has 4 rings (SSSR count). The van der Waals surface area contributed by atoms with Crippen molar-refractivity contribution in [1.29, 1.82) is 0 Å². The lowest BCUT2D eigenvalue weighted by Gasteiger charge is -2.35. The van der Waals surface area contributed by atoms with Gasteiger partial charge in [0.1, 0.15) is 0 Å². The van der Waals surface area contributed by atoms with Crippen LogP contribution in [-0.4, -0.2) is 60.7 Å². The van der Waals surface area contributed by atoms with Crippen LogP contribution in [0.25, 0.3) is 0 Å². The summed E-state index contributed by atoms with van der Waals surface area (Å²) < 4.78 is 19.9. The van der Waals surface area contributed by atoms with Crippen LogP contribution >= 0.6 is 11.6 Å². The van der Waals surface area contributed by atoms with Gasteiger partial charge in [0.05, 0.1) is 18.9 Å². The van der Waals surface area contributed by atoms with Gasteiger partial charge in [0.15, 0.2) is 11.6 Å². The van der Waals surface area contributed by atoms with Gasteiger partial charge < -0.3 is 15.0 Å². The Kier molecular flexibility index (Phi) is 5.16. The molecule has 1 N–H and O–H groups in total. The van der Waals surface area contributed by atoms with Crippen LogP contribution in [-0.2, 0) is 4.74 Å². The van der Waals surface area contributed by atoms with Crippen LogP contribution in [0.3, 0.4) is 0 Å². The molecule has 3 heterocycles. The van der Waals surface area contributed by atoms with Crippen LogP contribution in [0.1, 0.15) is 18.1 Å². The van der Waals surface area contributed by atoms with E-state index in [9.17, 15) is 4.39 Å². The molecule has 2 saturated heterocycles. The molecule has 1 aromatic carbocycles. The van der Waals surface area contributed by atoms with Crippen molar-refractivity contribution < 1.29 is 9.13 Å². The normalized spacial score (nSPS) is 25.3. The minimum absolute atomic E-state index is 0.0553. The Hall–Kier alpha value is -1.96. The first-order valence-corrected chi connectivity index (χ1v) is 9.45. The molecule has 0 bridgehead atoms. The van der Waals surface area contributed by atoms with Crippen molar-refractivity contribution in [2.75, 3.05) is 44.0 Å². The molecule has 27 heavy (non-hydrogen) atoms. The third-order valence-electron chi connectivity index (χ3n) is 5.14. The average molecular weight is 392 g/mol. The highest BCUT2D eigenvalue weighted by atomic mass is 35.5. The molecule has 1 aromatic heterocycles. The molecule has 0 unspecified atom stereocenters. The van der Waals surface area contributed by atoms with E-state index in [0.717, 1.165) is 30.1 Å². The van der Waals surface area contributed by atoms with E-state index in [1.54, 1.807) is 19.0 Å². The van der Waals surface area contributed by atoms with Crippen LogP contribution in [0.2, 0.25) is 5.02 Å². The monoisotopic (exact) mass is 391 g/mol. The Morgan fingerprint density at radius 3 is 2.78 bits per heavy atom. The molecule has 2 aliphatic rings. The summed E-state index contributed by atoms with van der Waals surface area (Å²) in [6.45, 7) is 2.42. The Morgan fingerprint density at radius 2 is 2.04 bits per heavy atom. The van der Waals surface area contributed by atoms with Gasteiger partial charge in [-0.25, -0.2) is 9.37 Å². The van der Waals surface area contributed by atoms with Crippen molar-refractivity contribution in [3.05, 3.63) is 46.9 Å². The molecule has 3 atom stereocenters. The van der Waals surface area contributed by atoms with Crippen molar-refractivity contribution >= 4 is 23.4 Å². The van der Waals surface area contributed by atoms with Gasteiger partial charge in [-0.3, -0.25) is 4.90 Å². The first-order valence-electron chi connectivity index (χ1n) is 9.07. The van der Waals surface area contributed by atoms with Crippen LogP contribution < -0.4 is 10.2 Å². The number of anilines is 2. The Labute approximate surface area is 163 Å². The van der Waals surface area contributed by atoms with E-state index in [1.807, 2.05) is 24.3 Å². The van der Waals surface area contributed by atoms with Gasteiger partial charge in [0.25, 0.3) is 0 Å². The van der Waals surface area contributed by atoms with Crippen molar-refractivity contribution in [3.63, 3.8) is 0 Å². The minimum Gasteiger partial charge on any atom is -0.371 e. The first kappa shape index (κ1) is 18.4. The van der Waals surface area contributed by atoms with E-state index >= 15 is 0 Å². The quantitative estimate of drug-likeness (QED) is 0.864. The lowest BCUT2D eigenvalue weighted by Crippen LogP contribution is -2.42. The molecule has 2 aromatic rings. The predicted octanol–water partition coefficient (Wildman–Crippen LogP) is 2.96. The number of morpholine rings is 1. The van der Waals surface area contributed by atoms with E-state index < -0.39 is 5.82 Å². The minimum atomic E-state index is -0.423. The largest absolute Gasteiger partial charge is 0.371 e. The highest BCUT2D eigenvalue weighted by Crippen LogP contribution is 2.31. The van der Waals surface area contributed by atoms with Crippen LogP contribution in [0, 0.1) is 5.82 Å². The molecule has 144 valence electrons. The van der Waals surface area contributed by atoms with Gasteiger partial charge >= 0.3 is 0 Å². The topological polar surface area (TPSA) is 53.5 Å². The van der Waals surface area contributed by atoms with Crippen molar-refractivity contribution in [2.24, 2.45) is 0 Å². The summed E-state index contributed by atoms with van der Waals surface area (Å²) in [7, 11) is 3.53. The predicted molar refractivity (Wildman–Crippen MR) is 104 cm³/mol. The highest BCUT2D eigenvalue weighted by Gasteiger charge is 2.38. The number of aromatic nitrogens is 2. The molecule has 0 radical (unpaired) electrons. The van der Waals surface area contributed by atoms with Gasteiger partial charge in [-0.15, -0.1) is 0 Å². The van der Waals surface area contributed by atoms with E-state index in [-0.39, 0.29) is 18.0 Å². The third kappa shape index (κ3) is 4.00. The molecular formula is C19H23ClFN5O. The smallest absolute Gasteiger partial charge is 0.225 e. The molecular weight excluding hydrogens is 369 g/mol. The summed E-state index contributed by atoms with van der Waals surface area (Å²) in [4.78, 5) is 12.5. The number of rotatable bonds is 4. The maximum Gasteiger partial charge on any atom is 0.225 e. The second kappa shape index (κ2) is 7.58. The lowest BCUT2D eigenvalue weighted by atomic mass is 10.1. The number of fused-ring (bicyclic) bond motifs is 1. The molecule has 0 spiro atoms. The van der Waals surface area contributed by atoms with Crippen LogP contribution in [0.5, 0.6) is 0 Å². The zero-order valence-electron chi connectivity index (χ0n) is 15.4. The molecule has 0 saturated carbocycles. The molecule has 8 heteroatoms. The Bertz CT molecular complexity index is 803. The second-order valence-electron chi connectivity index (χ2n) is 7.32. The van der Waals surface area contributed by atoms with Crippen LogP contribution in [0.15, 0.2) is 30.5 Å². The number of nitrogens with zero attached hydrogens (tertiary/aromatic N) is 4. The number of hydrogen-bond donors (Lipinski definition) is 1. The summed E-state index contributed by atoms with van der Waals surface area (Å²) in [5, 5.41) is 4.08. The maximum absolute atomic E-state index is 13.8. The van der Waals surface area contributed by atoms with E-state index in [4.69, 9.17) is 16.3 Å². The van der Waals surface area contributed by atoms with Gasteiger partial charge in [0.2, 0.25) is 5.95 Å². The third-order valence-corrected chi connectivity index (χ3v) is 5.39. The SMILES string of the molecule is CN(C)c1nc(N[C@H]2C[C@H]3CO[C@@H](c4ccc(Cl)cc4)CN3C2)ncc1F. The number of nitrogens with one attached hydrogen (secondary N) is 1. The summed E-state index contributed by atoms with van der Waals surface area (Å²) >= 11 is 5.98. The van der Waals surface area contributed by atoms with Crippen LogP contribution in [0.4, 0.5) is 16.2 Å². The number of benzene rings is 1. The van der Waals surface area contributed by atoms with Gasteiger partial charge in [-0.2, -0.15) is 4.98 Å². The van der Waals surface area contributed by atoms with Crippen molar-refractivity contribution in [1.82, 2.24) is 14.9 Å². The van der Waals surface area contributed by atoms with Gasteiger partial charge in [-0.05, 0) is 24.1 Å². The zero-order chi connectivity index (χ0) is 19.0. The van der Waals surface area contributed by atoms with Gasteiger partial charge in [0, 0.05) is 44.3 Å². The molecule has 2 aliphatic heterocycles. The Balaban J connectivity index is 1.40. The molecule has 2 fully saturated rings. The fraction of sp³-hybridized carbons (Fsp3) is 0.474. The highest BCUT2D eigenvalue weighted by molar-refractivity contribution is 6.30. The summed E-state index contributed by atoms with van der Waals surface area (Å²) in [6, 6.07) is 8.43. The Morgan fingerprint density at radius 1 is 1.26 bits per heavy atom. The maximum atomic E-state index is 13.8. The van der Waals surface area contributed by atoms with Crippen molar-refractivity contribution in [2.45, 2.75) is 24.6 Å². The summed E-state index contributed by atoms with van der Waals surface area (Å²) in [5.41, 5.74) is 1.15. The average Bonchev–Trinajstić information content (AvgIpc) is 3.05. The zero-order valence-corrected chi connectivity index (χ0v) is 16.2. The van der Waals surface area contributed by atoms with E-state index in [2.05, 4.69) is 20.2 Å². The standard InChI is InChI=1S/C19H23ClFN5O/c1-25(2)18-16(21)8-22-19(24-18)23-14-7-15-11-27-17(10-26(15)9-14)12-3-5-13(20)6-4-12/h3-6,8,14-15,17H,7,9-11H2,1-2H3,(H,22,23,24)/t14-,15-,17+/m0/s1. The van der Waals surface area contributed by atoms with E-state index in [1.165, 1.54) is 6.20 Å². The van der Waals surface area contributed by atoms with E-state index in [0.29, 0.717) is 18.6 Å². The van der Waals surface area contributed by atoms with Crippen molar-refractivity contribution in [3.8, 4) is 0 Å². The summed E-state index contributed by atoms with van der Waals surface area (Å²) in [5.74, 6) is 0.322. The number of hydrogen-bond acceptors (Lipinski definition) is 6.